The van der Waals surface area contributed by atoms with E-state index >= 15 is 0 Å². The van der Waals surface area contributed by atoms with E-state index in [9.17, 15) is 0 Å². The van der Waals surface area contributed by atoms with Gasteiger partial charge in [-0.15, -0.1) is 12.4 Å². The van der Waals surface area contributed by atoms with Crippen molar-refractivity contribution in [3.8, 4) is 11.5 Å². The molecule has 0 unspecified atom stereocenters. The van der Waals surface area contributed by atoms with Crippen LogP contribution in [0.2, 0.25) is 0 Å². The zero-order valence-electron chi connectivity index (χ0n) is 10.9. The minimum atomic E-state index is 0. The molecule has 4 heteroatoms. The first-order valence-corrected chi connectivity index (χ1v) is 6.57. The number of nitrogens with two attached hydrogens (primary N) is 1. The Labute approximate surface area is 120 Å². The lowest BCUT2D eigenvalue weighted by atomic mass is 9.98. The molecule has 0 amide bonds. The van der Waals surface area contributed by atoms with Crippen molar-refractivity contribution in [3.05, 3.63) is 35.9 Å². The molecule has 19 heavy (non-hydrogen) atoms. The maximum Gasteiger partial charge on any atom is 0.123 e. The highest BCUT2D eigenvalue weighted by molar-refractivity contribution is 5.85. The topological polar surface area (TPSA) is 44.5 Å². The molecular weight excluding hydrogens is 262 g/mol. The van der Waals surface area contributed by atoms with Crippen LogP contribution in [0.25, 0.3) is 0 Å². The van der Waals surface area contributed by atoms with Gasteiger partial charge in [-0.3, -0.25) is 0 Å². The number of benzene rings is 1. The number of fused-ring (bicyclic) bond motifs is 1. The first-order valence-electron chi connectivity index (χ1n) is 6.57. The molecule has 0 bridgehead atoms. The molecule has 0 aromatic heterocycles. The van der Waals surface area contributed by atoms with Gasteiger partial charge < -0.3 is 15.2 Å². The summed E-state index contributed by atoms with van der Waals surface area (Å²) in [6.07, 6.45) is 3.95. The van der Waals surface area contributed by atoms with Crippen LogP contribution in [0.4, 0.5) is 0 Å². The molecule has 2 N–H and O–H groups in total. The van der Waals surface area contributed by atoms with Crippen LogP contribution in [0.1, 0.15) is 23.5 Å². The maximum atomic E-state index is 5.79. The molecule has 1 saturated carbocycles. The van der Waals surface area contributed by atoms with Crippen LogP contribution in [0.15, 0.2) is 24.8 Å². The minimum absolute atomic E-state index is 0. The van der Waals surface area contributed by atoms with Gasteiger partial charge in [-0.1, -0.05) is 12.7 Å². The summed E-state index contributed by atoms with van der Waals surface area (Å²) in [7, 11) is 0. The molecule has 0 saturated heterocycles. The lowest BCUT2D eigenvalue weighted by Gasteiger charge is -2.14. The number of hydrogen-bond acceptors (Lipinski definition) is 3. The van der Waals surface area contributed by atoms with Crippen molar-refractivity contribution in [1.29, 1.82) is 0 Å². The lowest BCUT2D eigenvalue weighted by molar-refractivity contribution is 0.352. The van der Waals surface area contributed by atoms with Gasteiger partial charge in [-0.05, 0) is 36.9 Å². The molecule has 2 atom stereocenters. The second-order valence-electron chi connectivity index (χ2n) is 4.99. The summed E-state index contributed by atoms with van der Waals surface area (Å²) in [4.78, 5) is 0. The predicted octanol–water partition coefficient (Wildman–Crippen LogP) is 2.67. The summed E-state index contributed by atoms with van der Waals surface area (Å²) in [5.41, 5.74) is 8.44. The Hall–Kier alpha value is -1.19. The van der Waals surface area contributed by atoms with E-state index in [1.165, 1.54) is 17.5 Å². The molecule has 1 heterocycles. The molecule has 0 radical (unpaired) electrons. The van der Waals surface area contributed by atoms with Gasteiger partial charge in [0, 0.05) is 17.5 Å². The van der Waals surface area contributed by atoms with Gasteiger partial charge in [0.15, 0.2) is 0 Å². The smallest absolute Gasteiger partial charge is 0.123 e. The molecule has 0 spiro atoms. The van der Waals surface area contributed by atoms with Gasteiger partial charge in [0.25, 0.3) is 0 Å². The Morgan fingerprint density at radius 3 is 3.00 bits per heavy atom. The molecule has 1 aromatic rings. The van der Waals surface area contributed by atoms with Gasteiger partial charge in [-0.2, -0.15) is 0 Å². The number of rotatable bonds is 5. The first kappa shape index (κ1) is 14.2. The van der Waals surface area contributed by atoms with Gasteiger partial charge in [0.2, 0.25) is 0 Å². The summed E-state index contributed by atoms with van der Waals surface area (Å²) < 4.78 is 11.4. The summed E-state index contributed by atoms with van der Waals surface area (Å²) in [5.74, 6) is 3.19. The van der Waals surface area contributed by atoms with Crippen molar-refractivity contribution in [2.75, 3.05) is 19.8 Å². The Bertz CT molecular complexity index is 475. The zero-order chi connectivity index (χ0) is 12.5. The predicted molar refractivity (Wildman–Crippen MR) is 78.5 cm³/mol. The van der Waals surface area contributed by atoms with Crippen molar-refractivity contribution in [2.45, 2.75) is 18.8 Å². The summed E-state index contributed by atoms with van der Waals surface area (Å²) in [6, 6.07) is 4.04. The lowest BCUT2D eigenvalue weighted by Crippen LogP contribution is -2.05. The van der Waals surface area contributed by atoms with Crippen molar-refractivity contribution >= 4 is 12.4 Å². The molecule has 2 aliphatic rings. The number of halogens is 1. The monoisotopic (exact) mass is 281 g/mol. The Morgan fingerprint density at radius 1 is 1.47 bits per heavy atom. The Morgan fingerprint density at radius 2 is 2.32 bits per heavy atom. The second kappa shape index (κ2) is 5.85. The van der Waals surface area contributed by atoms with Crippen LogP contribution in [-0.4, -0.2) is 19.8 Å². The molecular formula is C15H20ClNO2. The Kier molecular flexibility index (Phi) is 4.38. The van der Waals surface area contributed by atoms with Gasteiger partial charge in [-0.25, -0.2) is 0 Å². The number of hydrogen-bond donors (Lipinski definition) is 1. The van der Waals surface area contributed by atoms with Gasteiger partial charge >= 0.3 is 0 Å². The molecule has 1 fully saturated rings. The fourth-order valence-electron chi connectivity index (χ4n) is 2.82. The van der Waals surface area contributed by atoms with Crippen LogP contribution < -0.4 is 15.2 Å². The average molecular weight is 282 g/mol. The van der Waals surface area contributed by atoms with Crippen molar-refractivity contribution in [3.63, 3.8) is 0 Å². The van der Waals surface area contributed by atoms with E-state index in [0.717, 1.165) is 31.1 Å². The highest BCUT2D eigenvalue weighted by Gasteiger charge is 2.41. The quantitative estimate of drug-likeness (QED) is 0.844. The normalized spacial score (nSPS) is 23.0. The standard InChI is InChI=1S/C15H19NO2.ClH/c1-2-6-17-14-4-3-13-11(5-7-18-13)15(14)12-8-10(12)9-16;/h2-4,10,12H,1,5-9,16H2;1H/t10-,12+;/m0./s1. The number of ether oxygens (including phenoxy) is 2. The molecule has 1 aromatic carbocycles. The molecule has 104 valence electrons. The summed E-state index contributed by atoms with van der Waals surface area (Å²) >= 11 is 0. The molecule has 3 rings (SSSR count). The van der Waals surface area contributed by atoms with E-state index in [1.54, 1.807) is 6.08 Å². The molecule has 3 nitrogen and oxygen atoms in total. The van der Waals surface area contributed by atoms with Crippen LogP contribution in [-0.2, 0) is 6.42 Å². The largest absolute Gasteiger partial charge is 0.493 e. The summed E-state index contributed by atoms with van der Waals surface area (Å²) in [5, 5.41) is 0. The van der Waals surface area contributed by atoms with Crippen LogP contribution in [0, 0.1) is 5.92 Å². The van der Waals surface area contributed by atoms with Gasteiger partial charge in [0.1, 0.15) is 18.1 Å². The minimum Gasteiger partial charge on any atom is -0.493 e. The molecule has 1 aliphatic heterocycles. The van der Waals surface area contributed by atoms with Gasteiger partial charge in [0.05, 0.1) is 6.61 Å². The van der Waals surface area contributed by atoms with E-state index < -0.39 is 0 Å². The Balaban J connectivity index is 0.00000133. The maximum absolute atomic E-state index is 5.79. The summed E-state index contributed by atoms with van der Waals surface area (Å²) in [6.45, 7) is 5.79. The average Bonchev–Trinajstić information content (AvgIpc) is 3.02. The molecule has 1 aliphatic carbocycles. The third-order valence-electron chi connectivity index (χ3n) is 3.84. The van der Waals surface area contributed by atoms with Crippen LogP contribution in [0.5, 0.6) is 11.5 Å². The van der Waals surface area contributed by atoms with Crippen LogP contribution >= 0.6 is 12.4 Å². The highest BCUT2D eigenvalue weighted by atomic mass is 35.5. The fourth-order valence-corrected chi connectivity index (χ4v) is 2.82. The third-order valence-corrected chi connectivity index (χ3v) is 3.84. The van der Waals surface area contributed by atoms with Crippen molar-refractivity contribution in [1.82, 2.24) is 0 Å². The third kappa shape index (κ3) is 2.58. The SMILES string of the molecule is C=CCOc1ccc2c(c1[C@@H]1C[C@H]1CN)CCO2.Cl. The van der Waals surface area contributed by atoms with E-state index in [2.05, 4.69) is 6.58 Å². The van der Waals surface area contributed by atoms with Crippen LogP contribution in [0.3, 0.4) is 0 Å². The second-order valence-corrected chi connectivity index (χ2v) is 4.99. The van der Waals surface area contributed by atoms with E-state index in [-0.39, 0.29) is 12.4 Å². The fraction of sp³-hybridized carbons (Fsp3) is 0.467. The first-order chi connectivity index (χ1) is 8.85. The van der Waals surface area contributed by atoms with E-state index in [4.69, 9.17) is 15.2 Å². The van der Waals surface area contributed by atoms with E-state index in [1.807, 2.05) is 12.1 Å². The van der Waals surface area contributed by atoms with E-state index in [0.29, 0.717) is 18.4 Å². The highest BCUT2D eigenvalue weighted by Crippen LogP contribution is 2.53. The zero-order valence-corrected chi connectivity index (χ0v) is 11.7. The van der Waals surface area contributed by atoms with Crippen molar-refractivity contribution < 1.29 is 9.47 Å². The van der Waals surface area contributed by atoms with Crippen molar-refractivity contribution in [2.24, 2.45) is 11.7 Å².